The Kier molecular flexibility index (Phi) is 7.12. The molecule has 34 heavy (non-hydrogen) atoms. The van der Waals surface area contributed by atoms with Gasteiger partial charge in [0.15, 0.2) is 7.14 Å². The highest BCUT2D eigenvalue weighted by atomic mass is 35.5. The molecule has 0 aliphatic rings. The van der Waals surface area contributed by atoms with Crippen LogP contribution in [-0.2, 0) is 15.4 Å². The zero-order valence-corrected chi connectivity index (χ0v) is 22.9. The maximum absolute atomic E-state index is 15.4. The average Bonchev–Trinajstić information content (AvgIpc) is 2.74. The van der Waals surface area contributed by atoms with Gasteiger partial charge in [-0.2, -0.15) is 0 Å². The van der Waals surface area contributed by atoms with Crippen molar-refractivity contribution in [2.75, 3.05) is 7.11 Å². The normalized spacial score (nSPS) is 12.6. The van der Waals surface area contributed by atoms with E-state index in [1.807, 2.05) is 41.5 Å². The Morgan fingerprint density at radius 1 is 0.735 bits per heavy atom. The standard InChI is InChI=1S/C27H31Cl2O4P/c1-26(2,3)18-12-16(28)14-22(24(18)30)34(32,21-11-9-8-10-20(21)33-7)23-15-17(29)13-19(25(23)31)27(4,5)6/h8-15,30-31H,1-7H3. The third-order valence-corrected chi connectivity index (χ3v) is 9.35. The summed E-state index contributed by atoms with van der Waals surface area (Å²) in [5.74, 6) is 0.0878. The molecule has 0 amide bonds. The smallest absolute Gasteiger partial charge is 0.182 e. The van der Waals surface area contributed by atoms with Crippen molar-refractivity contribution in [1.29, 1.82) is 0 Å². The van der Waals surface area contributed by atoms with Crippen LogP contribution >= 0.6 is 30.3 Å². The van der Waals surface area contributed by atoms with Crippen LogP contribution < -0.4 is 20.7 Å². The van der Waals surface area contributed by atoms with Gasteiger partial charge in [0.1, 0.15) is 17.2 Å². The van der Waals surface area contributed by atoms with E-state index in [9.17, 15) is 10.2 Å². The lowest BCUT2D eigenvalue weighted by atomic mass is 9.86. The van der Waals surface area contributed by atoms with Crippen molar-refractivity contribution >= 4 is 46.3 Å². The number of halogens is 2. The molecule has 3 aromatic carbocycles. The SMILES string of the molecule is COc1ccccc1P(=O)(c1cc(Cl)cc(C(C)(C)C)c1O)c1cc(Cl)cc(C(C)(C)C)c1O. The molecule has 0 spiro atoms. The van der Waals surface area contributed by atoms with Gasteiger partial charge < -0.3 is 19.5 Å². The summed E-state index contributed by atoms with van der Waals surface area (Å²) in [4.78, 5) is 0. The summed E-state index contributed by atoms with van der Waals surface area (Å²) in [6.07, 6.45) is 0. The molecule has 4 nitrogen and oxygen atoms in total. The minimum atomic E-state index is -3.95. The second-order valence-corrected chi connectivity index (χ2v) is 14.0. The van der Waals surface area contributed by atoms with Crippen molar-refractivity contribution in [3.8, 4) is 17.2 Å². The van der Waals surface area contributed by atoms with Gasteiger partial charge in [-0.25, -0.2) is 0 Å². The fourth-order valence-electron chi connectivity index (χ4n) is 4.07. The molecule has 7 heteroatoms. The molecule has 3 rings (SSSR count). The molecule has 0 aliphatic heterocycles. The fraction of sp³-hybridized carbons (Fsp3) is 0.333. The number of hydrogen-bond acceptors (Lipinski definition) is 4. The highest BCUT2D eigenvalue weighted by Crippen LogP contribution is 2.53. The number of aromatic hydroxyl groups is 2. The molecule has 0 radical (unpaired) electrons. The largest absolute Gasteiger partial charge is 0.507 e. The first kappa shape index (κ1) is 26.5. The van der Waals surface area contributed by atoms with E-state index >= 15 is 4.57 Å². The van der Waals surface area contributed by atoms with Crippen LogP contribution in [0.1, 0.15) is 52.7 Å². The Hall–Kier alpha value is -2.13. The zero-order chi connectivity index (χ0) is 25.6. The van der Waals surface area contributed by atoms with E-state index in [0.29, 0.717) is 32.2 Å². The predicted octanol–water partition coefficient (Wildman–Crippen LogP) is 6.65. The number of benzene rings is 3. The molecule has 0 fully saturated rings. The number of phenols is 2. The molecule has 0 heterocycles. The van der Waals surface area contributed by atoms with E-state index in [1.165, 1.54) is 19.2 Å². The maximum Gasteiger partial charge on any atom is 0.182 e. The van der Waals surface area contributed by atoms with Crippen LogP contribution in [0.5, 0.6) is 17.2 Å². The second kappa shape index (κ2) is 9.15. The van der Waals surface area contributed by atoms with Crippen LogP contribution in [0.15, 0.2) is 48.5 Å². The topological polar surface area (TPSA) is 66.8 Å². The van der Waals surface area contributed by atoms with Gasteiger partial charge in [-0.15, -0.1) is 0 Å². The highest BCUT2D eigenvalue weighted by Gasteiger charge is 2.40. The number of phenolic OH excluding ortho intramolecular Hbond substituents is 2. The lowest BCUT2D eigenvalue weighted by molar-refractivity contribution is 0.418. The molecule has 2 N–H and O–H groups in total. The third kappa shape index (κ3) is 4.69. The fourth-order valence-corrected chi connectivity index (χ4v) is 7.69. The summed E-state index contributed by atoms with van der Waals surface area (Å²) >= 11 is 13.0. The molecular weight excluding hydrogens is 490 g/mol. The summed E-state index contributed by atoms with van der Waals surface area (Å²) in [5.41, 5.74) is 0.121. The first-order chi connectivity index (χ1) is 15.6. The van der Waals surface area contributed by atoms with Gasteiger partial charge in [0.05, 0.1) is 23.0 Å². The monoisotopic (exact) mass is 520 g/mol. The Balaban J connectivity index is 2.58. The lowest BCUT2D eigenvalue weighted by Crippen LogP contribution is -2.29. The van der Waals surface area contributed by atoms with E-state index in [0.717, 1.165) is 0 Å². The summed E-state index contributed by atoms with van der Waals surface area (Å²) in [7, 11) is -2.46. The number of methoxy groups -OCH3 is 1. The van der Waals surface area contributed by atoms with E-state index < -0.39 is 18.0 Å². The predicted molar refractivity (Wildman–Crippen MR) is 143 cm³/mol. The summed E-state index contributed by atoms with van der Waals surface area (Å²) < 4.78 is 21.0. The van der Waals surface area contributed by atoms with Crippen molar-refractivity contribution in [1.82, 2.24) is 0 Å². The molecule has 0 saturated carbocycles. The molecule has 0 bridgehead atoms. The number of ether oxygens (including phenoxy) is 1. The van der Waals surface area contributed by atoms with Crippen molar-refractivity contribution in [3.63, 3.8) is 0 Å². The molecule has 0 aromatic heterocycles. The minimum Gasteiger partial charge on any atom is -0.507 e. The quantitative estimate of drug-likeness (QED) is 0.378. The molecule has 0 unspecified atom stereocenters. The number of rotatable bonds is 4. The van der Waals surface area contributed by atoms with Crippen molar-refractivity contribution in [2.45, 2.75) is 52.4 Å². The van der Waals surface area contributed by atoms with E-state index in [1.54, 1.807) is 36.4 Å². The molecule has 0 aliphatic carbocycles. The first-order valence-corrected chi connectivity index (χ1v) is 13.4. The van der Waals surface area contributed by atoms with E-state index in [2.05, 4.69) is 0 Å². The van der Waals surface area contributed by atoms with Crippen LogP contribution in [0.25, 0.3) is 0 Å². The third-order valence-electron chi connectivity index (χ3n) is 5.83. The Morgan fingerprint density at radius 3 is 1.53 bits per heavy atom. The minimum absolute atomic E-state index is 0.117. The first-order valence-electron chi connectivity index (χ1n) is 10.9. The van der Waals surface area contributed by atoms with Gasteiger partial charge in [-0.3, -0.25) is 0 Å². The summed E-state index contributed by atoms with van der Waals surface area (Å²) in [5, 5.41) is 24.2. The number of para-hydroxylation sites is 1. The van der Waals surface area contributed by atoms with Crippen molar-refractivity contribution in [2.24, 2.45) is 0 Å². The Morgan fingerprint density at radius 2 is 1.15 bits per heavy atom. The zero-order valence-electron chi connectivity index (χ0n) is 20.5. The Labute approximate surface area is 211 Å². The Bertz CT molecular complexity index is 1210. The van der Waals surface area contributed by atoms with Gasteiger partial charge in [-0.1, -0.05) is 76.9 Å². The van der Waals surface area contributed by atoms with Crippen LogP contribution in [0.3, 0.4) is 0 Å². The number of hydrogen-bond donors (Lipinski definition) is 2. The van der Waals surface area contributed by atoms with E-state index in [4.69, 9.17) is 27.9 Å². The average molecular weight is 521 g/mol. The van der Waals surface area contributed by atoms with Gasteiger partial charge >= 0.3 is 0 Å². The van der Waals surface area contributed by atoms with Crippen LogP contribution in [0.2, 0.25) is 10.0 Å². The molecule has 0 atom stereocenters. The van der Waals surface area contributed by atoms with Gasteiger partial charge in [0, 0.05) is 21.2 Å². The molecule has 3 aromatic rings. The molecular formula is C27H31Cl2O4P. The van der Waals surface area contributed by atoms with E-state index in [-0.39, 0.29) is 22.1 Å². The molecule has 0 saturated heterocycles. The molecule has 182 valence electrons. The summed E-state index contributed by atoms with van der Waals surface area (Å²) in [6, 6.07) is 13.2. The van der Waals surface area contributed by atoms with Gasteiger partial charge in [-0.05, 0) is 47.2 Å². The van der Waals surface area contributed by atoms with Gasteiger partial charge in [0.25, 0.3) is 0 Å². The summed E-state index contributed by atoms with van der Waals surface area (Å²) in [6.45, 7) is 11.6. The van der Waals surface area contributed by atoms with Crippen LogP contribution in [0.4, 0.5) is 0 Å². The second-order valence-electron chi connectivity index (χ2n) is 10.4. The van der Waals surface area contributed by atoms with Crippen LogP contribution in [0, 0.1) is 0 Å². The van der Waals surface area contributed by atoms with Gasteiger partial charge in [0.2, 0.25) is 0 Å². The van der Waals surface area contributed by atoms with Crippen molar-refractivity contribution < 1.29 is 19.5 Å². The van der Waals surface area contributed by atoms with Crippen molar-refractivity contribution in [3.05, 3.63) is 69.7 Å². The van der Waals surface area contributed by atoms with Crippen LogP contribution in [-0.4, -0.2) is 17.3 Å². The maximum atomic E-state index is 15.4. The highest BCUT2D eigenvalue weighted by molar-refractivity contribution is 7.85. The lowest BCUT2D eigenvalue weighted by Gasteiger charge is -2.29.